The number of hydrogen-bond acceptors (Lipinski definition) is 5. The summed E-state index contributed by atoms with van der Waals surface area (Å²) in [6.07, 6.45) is 3.95. The molecule has 0 spiro atoms. The Labute approximate surface area is 181 Å². The molecule has 2 aliphatic heterocycles. The third-order valence-corrected chi connectivity index (χ3v) is 5.21. The Hall–Kier alpha value is -2.73. The van der Waals surface area contributed by atoms with Crippen molar-refractivity contribution in [1.29, 1.82) is 0 Å². The second-order valence-corrected chi connectivity index (χ2v) is 8.80. The van der Waals surface area contributed by atoms with Crippen molar-refractivity contribution in [2.75, 3.05) is 19.7 Å². The first kappa shape index (κ1) is 20.5. The summed E-state index contributed by atoms with van der Waals surface area (Å²) in [5, 5.41) is 0.681. The van der Waals surface area contributed by atoms with Gasteiger partial charge in [0.1, 0.15) is 12.2 Å². The van der Waals surface area contributed by atoms with Gasteiger partial charge < -0.3 is 19.1 Å². The van der Waals surface area contributed by atoms with Gasteiger partial charge in [-0.2, -0.15) is 0 Å². The Morgan fingerprint density at radius 1 is 1.23 bits per heavy atom. The van der Waals surface area contributed by atoms with Gasteiger partial charge in [-0.1, -0.05) is 29.8 Å². The van der Waals surface area contributed by atoms with Crippen molar-refractivity contribution >= 4 is 23.3 Å². The monoisotopic (exact) mass is 428 g/mol. The molecule has 0 fully saturated rings. The topological polar surface area (TPSA) is 60.9 Å². The zero-order valence-corrected chi connectivity index (χ0v) is 18.1. The molecule has 30 heavy (non-hydrogen) atoms. The molecular formula is C23H25ClN2O4. The number of benzene rings is 1. The second kappa shape index (κ2) is 8.19. The summed E-state index contributed by atoms with van der Waals surface area (Å²) in [7, 11) is 0. The number of rotatable bonds is 2. The van der Waals surface area contributed by atoms with E-state index < -0.39 is 5.60 Å². The molecule has 6 nitrogen and oxygen atoms in total. The van der Waals surface area contributed by atoms with E-state index in [1.165, 1.54) is 0 Å². The Bertz CT molecular complexity index is 966. The third-order valence-electron chi connectivity index (χ3n) is 4.95. The van der Waals surface area contributed by atoms with E-state index >= 15 is 0 Å². The van der Waals surface area contributed by atoms with E-state index in [-0.39, 0.29) is 12.2 Å². The van der Waals surface area contributed by atoms with Crippen LogP contribution in [0.3, 0.4) is 0 Å². The minimum atomic E-state index is -0.503. The van der Waals surface area contributed by atoms with Gasteiger partial charge in [-0.3, -0.25) is 0 Å². The van der Waals surface area contributed by atoms with Crippen LogP contribution in [0.5, 0.6) is 11.6 Å². The highest BCUT2D eigenvalue weighted by Gasteiger charge is 2.29. The molecule has 2 aromatic rings. The number of pyridine rings is 1. The summed E-state index contributed by atoms with van der Waals surface area (Å²) >= 11 is 5.98. The molecule has 0 saturated carbocycles. The van der Waals surface area contributed by atoms with E-state index in [9.17, 15) is 4.79 Å². The number of amides is 1. The van der Waals surface area contributed by atoms with Gasteiger partial charge in [0.15, 0.2) is 11.9 Å². The van der Waals surface area contributed by atoms with Crippen molar-refractivity contribution in [1.82, 2.24) is 9.88 Å². The van der Waals surface area contributed by atoms with E-state index in [0.717, 1.165) is 16.7 Å². The van der Waals surface area contributed by atoms with Crippen molar-refractivity contribution in [3.8, 4) is 11.6 Å². The smallest absolute Gasteiger partial charge is 0.410 e. The molecule has 0 unspecified atom stereocenters. The Balaban J connectivity index is 1.49. The van der Waals surface area contributed by atoms with Gasteiger partial charge in [0, 0.05) is 29.9 Å². The summed E-state index contributed by atoms with van der Waals surface area (Å²) in [6.45, 7) is 7.09. The highest BCUT2D eigenvalue weighted by atomic mass is 35.5. The van der Waals surface area contributed by atoms with Gasteiger partial charge in [-0.25, -0.2) is 9.78 Å². The number of hydrogen-bond donors (Lipinski definition) is 0. The summed E-state index contributed by atoms with van der Waals surface area (Å²) in [5.41, 5.74) is 2.55. The summed E-state index contributed by atoms with van der Waals surface area (Å²) in [6, 6.07) is 9.46. The average Bonchev–Trinajstić information content (AvgIpc) is 2.72. The van der Waals surface area contributed by atoms with Gasteiger partial charge in [-0.15, -0.1) is 0 Å². The Kier molecular flexibility index (Phi) is 5.60. The van der Waals surface area contributed by atoms with Crippen molar-refractivity contribution < 1.29 is 19.0 Å². The van der Waals surface area contributed by atoms with Crippen LogP contribution in [0.1, 0.15) is 44.4 Å². The van der Waals surface area contributed by atoms with Crippen LogP contribution in [-0.4, -0.2) is 41.3 Å². The predicted octanol–water partition coefficient (Wildman–Crippen LogP) is 5.27. The van der Waals surface area contributed by atoms with E-state index in [1.54, 1.807) is 11.1 Å². The molecule has 4 rings (SSSR count). The van der Waals surface area contributed by atoms with Gasteiger partial charge in [-0.05, 0) is 56.5 Å². The summed E-state index contributed by atoms with van der Waals surface area (Å²) in [4.78, 5) is 18.4. The number of carbonyl (C=O) groups excluding carboxylic acids is 1. The molecule has 0 N–H and O–H groups in total. The quantitative estimate of drug-likeness (QED) is 0.651. The maximum atomic E-state index is 12.3. The van der Waals surface area contributed by atoms with Gasteiger partial charge >= 0.3 is 6.09 Å². The lowest BCUT2D eigenvalue weighted by Gasteiger charge is -2.31. The number of carbonyl (C=O) groups is 1. The fraction of sp³-hybridized carbons (Fsp3) is 0.391. The van der Waals surface area contributed by atoms with Crippen LogP contribution in [0.25, 0.3) is 5.57 Å². The molecule has 3 heterocycles. The molecule has 1 atom stereocenters. The molecular weight excluding hydrogens is 404 g/mol. The lowest BCUT2D eigenvalue weighted by Crippen LogP contribution is -2.39. The van der Waals surface area contributed by atoms with Gasteiger partial charge in [0.25, 0.3) is 5.88 Å². The first-order valence-corrected chi connectivity index (χ1v) is 10.4. The van der Waals surface area contributed by atoms with Crippen molar-refractivity contribution in [3.05, 3.63) is 58.8 Å². The number of fused-ring (bicyclic) bond motifs is 1. The fourth-order valence-electron chi connectivity index (χ4n) is 3.48. The lowest BCUT2D eigenvalue weighted by atomic mass is 9.99. The normalized spacial score (nSPS) is 18.6. The number of halogens is 1. The first-order valence-electron chi connectivity index (χ1n) is 10.0. The average molecular weight is 429 g/mol. The van der Waals surface area contributed by atoms with Gasteiger partial charge in [0.05, 0.1) is 0 Å². The van der Waals surface area contributed by atoms with E-state index in [2.05, 4.69) is 4.98 Å². The molecule has 1 aromatic heterocycles. The standard InChI is InChI=1S/C23H25ClN2O4/c1-23(2,3)30-22(27)26-12-9-15(10-13-26)18-8-11-25-21-20(18)28-14-19(29-21)16-4-6-17(24)7-5-16/h4-9,11,19H,10,12-14H2,1-3H3/t19-/m0/s1. The summed E-state index contributed by atoms with van der Waals surface area (Å²) in [5.74, 6) is 1.13. The van der Waals surface area contributed by atoms with Crippen LogP contribution in [-0.2, 0) is 4.74 Å². The van der Waals surface area contributed by atoms with Crippen molar-refractivity contribution in [2.45, 2.75) is 38.9 Å². The molecule has 7 heteroatoms. The van der Waals surface area contributed by atoms with E-state index in [1.807, 2.05) is 57.2 Å². The van der Waals surface area contributed by atoms with Crippen LogP contribution in [0.2, 0.25) is 5.02 Å². The SMILES string of the molecule is CC(C)(C)OC(=O)N1CC=C(c2ccnc3c2OC[C@@H](c2ccc(Cl)cc2)O3)CC1. The zero-order valence-electron chi connectivity index (χ0n) is 17.4. The van der Waals surface area contributed by atoms with Crippen molar-refractivity contribution in [2.24, 2.45) is 0 Å². The second-order valence-electron chi connectivity index (χ2n) is 8.37. The van der Waals surface area contributed by atoms with Crippen LogP contribution in [0, 0.1) is 0 Å². The molecule has 158 valence electrons. The minimum Gasteiger partial charge on any atom is -0.483 e. The van der Waals surface area contributed by atoms with Crippen LogP contribution < -0.4 is 9.47 Å². The third kappa shape index (κ3) is 4.54. The molecule has 0 saturated heterocycles. The highest BCUT2D eigenvalue weighted by Crippen LogP contribution is 2.41. The van der Waals surface area contributed by atoms with E-state index in [4.69, 9.17) is 25.8 Å². The van der Waals surface area contributed by atoms with Crippen molar-refractivity contribution in [3.63, 3.8) is 0 Å². The maximum Gasteiger partial charge on any atom is 0.410 e. The molecule has 1 aromatic carbocycles. The van der Waals surface area contributed by atoms with Crippen LogP contribution in [0.15, 0.2) is 42.6 Å². The lowest BCUT2D eigenvalue weighted by molar-refractivity contribution is 0.0270. The number of ether oxygens (including phenoxy) is 3. The van der Waals surface area contributed by atoms with Crippen LogP contribution in [0.4, 0.5) is 4.79 Å². The fourth-order valence-corrected chi connectivity index (χ4v) is 3.61. The molecule has 2 aliphatic rings. The number of aromatic nitrogens is 1. The molecule has 1 amide bonds. The maximum absolute atomic E-state index is 12.3. The number of nitrogens with zero attached hydrogens (tertiary/aromatic N) is 2. The Morgan fingerprint density at radius 3 is 2.67 bits per heavy atom. The van der Waals surface area contributed by atoms with E-state index in [0.29, 0.717) is 42.8 Å². The first-order chi connectivity index (χ1) is 14.3. The largest absolute Gasteiger partial charge is 0.483 e. The molecule has 0 bridgehead atoms. The molecule has 0 radical (unpaired) electrons. The van der Waals surface area contributed by atoms with Gasteiger partial charge in [0.2, 0.25) is 0 Å². The zero-order chi connectivity index (χ0) is 21.3. The predicted molar refractivity (Wildman–Crippen MR) is 115 cm³/mol. The summed E-state index contributed by atoms with van der Waals surface area (Å²) < 4.78 is 17.7. The highest BCUT2D eigenvalue weighted by molar-refractivity contribution is 6.30. The van der Waals surface area contributed by atoms with Crippen LogP contribution >= 0.6 is 11.6 Å². The Morgan fingerprint density at radius 2 is 2.00 bits per heavy atom. The molecule has 0 aliphatic carbocycles. The minimum absolute atomic E-state index is 0.236.